The van der Waals surface area contributed by atoms with E-state index in [0.717, 1.165) is 15.9 Å². The van der Waals surface area contributed by atoms with Crippen LogP contribution in [0.15, 0.2) is 64.7 Å². The second kappa shape index (κ2) is 7.67. The minimum Gasteiger partial charge on any atom is -0.508 e. The SMILES string of the molecule is O=C(CSc1ccc2ccccc2n1)N/N=C/c1ccc(O)cc1O. The molecule has 6 nitrogen and oxygen atoms in total. The zero-order valence-electron chi connectivity index (χ0n) is 13.1. The van der Waals surface area contributed by atoms with E-state index in [1.54, 1.807) is 0 Å². The lowest BCUT2D eigenvalue weighted by atomic mass is 10.2. The number of phenols is 2. The number of hydrogen-bond donors (Lipinski definition) is 3. The summed E-state index contributed by atoms with van der Waals surface area (Å²) in [4.78, 5) is 16.3. The van der Waals surface area contributed by atoms with Crippen molar-refractivity contribution in [1.82, 2.24) is 10.4 Å². The van der Waals surface area contributed by atoms with E-state index in [0.29, 0.717) is 5.56 Å². The molecule has 3 rings (SSSR count). The summed E-state index contributed by atoms with van der Waals surface area (Å²) in [5, 5.41) is 24.4. The number of amides is 1. The van der Waals surface area contributed by atoms with E-state index < -0.39 is 0 Å². The van der Waals surface area contributed by atoms with Gasteiger partial charge in [0.25, 0.3) is 0 Å². The van der Waals surface area contributed by atoms with Crippen molar-refractivity contribution in [2.24, 2.45) is 5.10 Å². The molecule has 126 valence electrons. The molecule has 0 radical (unpaired) electrons. The Bertz CT molecular complexity index is 944. The molecule has 1 heterocycles. The van der Waals surface area contributed by atoms with E-state index in [1.807, 2.05) is 36.4 Å². The van der Waals surface area contributed by atoms with Crippen molar-refractivity contribution in [1.29, 1.82) is 0 Å². The van der Waals surface area contributed by atoms with Crippen molar-refractivity contribution in [3.63, 3.8) is 0 Å². The Morgan fingerprint density at radius 2 is 2.00 bits per heavy atom. The molecule has 0 fully saturated rings. The van der Waals surface area contributed by atoms with Crippen LogP contribution in [-0.4, -0.2) is 33.1 Å². The van der Waals surface area contributed by atoms with E-state index in [1.165, 1.54) is 36.2 Å². The summed E-state index contributed by atoms with van der Waals surface area (Å²) < 4.78 is 0. The van der Waals surface area contributed by atoms with E-state index >= 15 is 0 Å². The molecule has 0 spiro atoms. The maximum Gasteiger partial charge on any atom is 0.250 e. The number of carbonyl (C=O) groups is 1. The van der Waals surface area contributed by atoms with Crippen LogP contribution in [-0.2, 0) is 4.79 Å². The molecule has 0 aliphatic rings. The van der Waals surface area contributed by atoms with Crippen LogP contribution in [0.1, 0.15) is 5.56 Å². The highest BCUT2D eigenvalue weighted by molar-refractivity contribution is 7.99. The zero-order chi connectivity index (χ0) is 17.6. The van der Waals surface area contributed by atoms with Gasteiger partial charge in [0.05, 0.1) is 22.5 Å². The largest absolute Gasteiger partial charge is 0.508 e. The van der Waals surface area contributed by atoms with Crippen molar-refractivity contribution in [3.8, 4) is 11.5 Å². The Morgan fingerprint density at radius 1 is 1.16 bits per heavy atom. The lowest BCUT2D eigenvalue weighted by Gasteiger charge is -2.03. The van der Waals surface area contributed by atoms with Crippen LogP contribution in [0.2, 0.25) is 0 Å². The second-order valence-corrected chi connectivity index (χ2v) is 6.16. The molecular formula is C18H15N3O3S. The Labute approximate surface area is 148 Å². The Balaban J connectivity index is 1.54. The van der Waals surface area contributed by atoms with E-state index in [4.69, 9.17) is 0 Å². The molecule has 0 saturated heterocycles. The highest BCUT2D eigenvalue weighted by Gasteiger charge is 2.04. The smallest absolute Gasteiger partial charge is 0.250 e. The van der Waals surface area contributed by atoms with Gasteiger partial charge in [-0.05, 0) is 24.3 Å². The van der Waals surface area contributed by atoms with Gasteiger partial charge >= 0.3 is 0 Å². The van der Waals surface area contributed by atoms with Gasteiger partial charge in [-0.3, -0.25) is 4.79 Å². The first kappa shape index (κ1) is 16.8. The summed E-state index contributed by atoms with van der Waals surface area (Å²) in [7, 11) is 0. The number of aromatic hydroxyl groups is 2. The van der Waals surface area contributed by atoms with Gasteiger partial charge in [-0.25, -0.2) is 10.4 Å². The maximum absolute atomic E-state index is 11.8. The predicted octanol–water partition coefficient (Wildman–Crippen LogP) is 2.89. The first-order chi connectivity index (χ1) is 12.1. The number of para-hydroxylation sites is 1. The topological polar surface area (TPSA) is 94.8 Å². The summed E-state index contributed by atoms with van der Waals surface area (Å²) in [6, 6.07) is 15.7. The highest BCUT2D eigenvalue weighted by Crippen LogP contribution is 2.21. The quantitative estimate of drug-likeness (QED) is 0.372. The number of fused-ring (bicyclic) bond motifs is 1. The van der Waals surface area contributed by atoms with Gasteiger partial charge in [0.1, 0.15) is 11.5 Å². The third kappa shape index (κ3) is 4.48. The van der Waals surface area contributed by atoms with Crippen LogP contribution in [0.4, 0.5) is 0 Å². The first-order valence-electron chi connectivity index (χ1n) is 7.44. The fourth-order valence-corrected chi connectivity index (χ4v) is 2.79. The van der Waals surface area contributed by atoms with Crippen LogP contribution in [0.5, 0.6) is 11.5 Å². The molecule has 0 saturated carbocycles. The van der Waals surface area contributed by atoms with E-state index in [2.05, 4.69) is 15.5 Å². The number of nitrogens with one attached hydrogen (secondary N) is 1. The molecule has 0 aliphatic carbocycles. The first-order valence-corrected chi connectivity index (χ1v) is 8.43. The summed E-state index contributed by atoms with van der Waals surface area (Å²) in [6.45, 7) is 0. The van der Waals surface area contributed by atoms with Crippen molar-refractivity contribution < 1.29 is 15.0 Å². The van der Waals surface area contributed by atoms with Crippen LogP contribution >= 0.6 is 11.8 Å². The summed E-state index contributed by atoms with van der Waals surface area (Å²) in [5.41, 5.74) is 3.66. The van der Waals surface area contributed by atoms with Crippen molar-refractivity contribution in [2.75, 3.05) is 5.75 Å². The Hall–Kier alpha value is -3.06. The molecule has 0 bridgehead atoms. The van der Waals surface area contributed by atoms with Gasteiger partial charge in [0.2, 0.25) is 5.91 Å². The average Bonchev–Trinajstić information content (AvgIpc) is 2.61. The number of thioether (sulfide) groups is 1. The number of benzene rings is 2. The van der Waals surface area contributed by atoms with Gasteiger partial charge in [-0.1, -0.05) is 36.0 Å². The minimum atomic E-state index is -0.283. The van der Waals surface area contributed by atoms with Gasteiger partial charge in [0.15, 0.2) is 0 Å². The van der Waals surface area contributed by atoms with Crippen molar-refractivity contribution >= 4 is 34.8 Å². The molecular weight excluding hydrogens is 338 g/mol. The predicted molar refractivity (Wildman–Crippen MR) is 98.0 cm³/mol. The fraction of sp³-hybridized carbons (Fsp3) is 0.0556. The minimum absolute atomic E-state index is 0.0435. The lowest BCUT2D eigenvalue weighted by molar-refractivity contribution is -0.118. The van der Waals surface area contributed by atoms with Crippen LogP contribution in [0, 0.1) is 0 Å². The number of rotatable bonds is 5. The number of hydrazone groups is 1. The normalized spacial score (nSPS) is 11.0. The van der Waals surface area contributed by atoms with Gasteiger partial charge < -0.3 is 10.2 Å². The molecule has 0 unspecified atom stereocenters. The standard InChI is InChI=1S/C18H15N3O3S/c22-14-7-5-13(16(23)9-14)10-19-21-17(24)11-25-18-8-6-12-3-1-2-4-15(12)20-18/h1-10,22-23H,11H2,(H,21,24)/b19-10+. The molecule has 0 aliphatic heterocycles. The van der Waals surface area contributed by atoms with Gasteiger partial charge in [-0.2, -0.15) is 5.10 Å². The maximum atomic E-state index is 11.8. The molecule has 25 heavy (non-hydrogen) atoms. The number of pyridine rings is 1. The molecule has 7 heteroatoms. The molecule has 3 N–H and O–H groups in total. The Kier molecular flexibility index (Phi) is 5.15. The number of carbonyl (C=O) groups excluding carboxylic acids is 1. The second-order valence-electron chi connectivity index (χ2n) is 5.17. The van der Waals surface area contributed by atoms with Gasteiger partial charge in [0, 0.05) is 17.0 Å². The molecule has 1 aromatic heterocycles. The number of phenolic OH excluding ortho intramolecular Hbond substituents is 2. The monoisotopic (exact) mass is 353 g/mol. The summed E-state index contributed by atoms with van der Waals surface area (Å²) in [5.74, 6) is -0.273. The van der Waals surface area contributed by atoms with Crippen LogP contribution in [0.3, 0.4) is 0 Å². The van der Waals surface area contributed by atoms with Crippen LogP contribution in [0.25, 0.3) is 10.9 Å². The molecule has 2 aromatic carbocycles. The average molecular weight is 353 g/mol. The summed E-state index contributed by atoms with van der Waals surface area (Å²) >= 11 is 1.32. The van der Waals surface area contributed by atoms with Crippen molar-refractivity contribution in [3.05, 3.63) is 60.2 Å². The van der Waals surface area contributed by atoms with E-state index in [-0.39, 0.29) is 23.2 Å². The van der Waals surface area contributed by atoms with Crippen molar-refractivity contribution in [2.45, 2.75) is 5.03 Å². The number of aromatic nitrogens is 1. The van der Waals surface area contributed by atoms with E-state index in [9.17, 15) is 15.0 Å². The number of nitrogens with zero attached hydrogens (tertiary/aromatic N) is 2. The highest BCUT2D eigenvalue weighted by atomic mass is 32.2. The third-order valence-corrected chi connectivity index (χ3v) is 4.26. The van der Waals surface area contributed by atoms with Crippen LogP contribution < -0.4 is 5.43 Å². The van der Waals surface area contributed by atoms with Gasteiger partial charge in [-0.15, -0.1) is 0 Å². The molecule has 1 amide bonds. The Morgan fingerprint density at radius 3 is 2.84 bits per heavy atom. The third-order valence-electron chi connectivity index (χ3n) is 3.33. The number of hydrogen-bond acceptors (Lipinski definition) is 6. The fourth-order valence-electron chi connectivity index (χ4n) is 2.11. The lowest BCUT2D eigenvalue weighted by Crippen LogP contribution is -2.19. The molecule has 3 aromatic rings. The zero-order valence-corrected chi connectivity index (χ0v) is 13.9. The summed E-state index contributed by atoms with van der Waals surface area (Å²) in [6.07, 6.45) is 1.31. The molecule has 0 atom stereocenters.